The fraction of sp³-hybridized carbons (Fsp3) is 0.0566. The molecule has 11 rings (SSSR count). The molecule has 264 valence electrons. The number of fused-ring (bicyclic) bond motifs is 7. The zero-order chi connectivity index (χ0) is 37.4. The predicted molar refractivity (Wildman–Crippen MR) is 237 cm³/mol. The molecule has 0 radical (unpaired) electrons. The van der Waals surface area contributed by atoms with Crippen LogP contribution in [0.2, 0.25) is 0 Å². The third-order valence-electron chi connectivity index (χ3n) is 11.7. The third-order valence-corrected chi connectivity index (χ3v) is 12.8. The van der Waals surface area contributed by atoms with Crippen LogP contribution < -0.4 is 0 Å². The molecule has 0 saturated carbocycles. The number of hydrogen-bond donors (Lipinski definition) is 0. The SMILES string of the molecule is CC1(C)c2ccccc2-c2cc(-c3cc(-c4cc(-c5ccc6ccccc6c5)cc(-c5ccc6c(c5)sc5ccccc56)c4)nc(-c4ccccc4)n3)ccc21. The van der Waals surface area contributed by atoms with Gasteiger partial charge in [-0.2, -0.15) is 0 Å². The summed E-state index contributed by atoms with van der Waals surface area (Å²) < 4.78 is 2.60. The zero-order valence-electron chi connectivity index (χ0n) is 31.1. The number of nitrogens with zero attached hydrogens (tertiary/aromatic N) is 2. The Morgan fingerprint density at radius 1 is 0.375 bits per heavy atom. The highest BCUT2D eigenvalue weighted by molar-refractivity contribution is 7.25. The van der Waals surface area contributed by atoms with E-state index in [-0.39, 0.29) is 5.41 Å². The number of aromatic nitrogens is 2. The van der Waals surface area contributed by atoms with Crippen LogP contribution in [0.5, 0.6) is 0 Å². The average Bonchev–Trinajstić information content (AvgIpc) is 3.74. The molecule has 56 heavy (non-hydrogen) atoms. The summed E-state index contributed by atoms with van der Waals surface area (Å²) in [6, 6.07) is 66.1. The molecule has 0 atom stereocenters. The lowest BCUT2D eigenvalue weighted by Gasteiger charge is -2.21. The number of thiophene rings is 1. The summed E-state index contributed by atoms with van der Waals surface area (Å²) in [5.41, 5.74) is 14.8. The van der Waals surface area contributed by atoms with Gasteiger partial charge in [-0.15, -0.1) is 11.3 Å². The first-order valence-corrected chi connectivity index (χ1v) is 20.0. The number of hydrogen-bond acceptors (Lipinski definition) is 3. The molecule has 2 aromatic heterocycles. The molecule has 1 aliphatic carbocycles. The minimum Gasteiger partial charge on any atom is -0.228 e. The van der Waals surface area contributed by atoms with Gasteiger partial charge in [0.2, 0.25) is 0 Å². The molecule has 8 aromatic carbocycles. The van der Waals surface area contributed by atoms with Crippen LogP contribution in [0.25, 0.3) is 98.2 Å². The normalized spacial score (nSPS) is 13.0. The van der Waals surface area contributed by atoms with Gasteiger partial charge in [-0.1, -0.05) is 147 Å². The Morgan fingerprint density at radius 3 is 1.86 bits per heavy atom. The van der Waals surface area contributed by atoms with Gasteiger partial charge in [-0.25, -0.2) is 9.97 Å². The van der Waals surface area contributed by atoms with Crippen LogP contribution in [0.4, 0.5) is 0 Å². The topological polar surface area (TPSA) is 25.8 Å². The standard InChI is InChI=1S/C53H36N2S/c1-53(2)46-18-10-8-16-42(46)45-30-38(23-25-47(45)53)48-32-49(55-52(54-48)34-13-4-3-5-14-34)41-28-39(36-21-20-33-12-6-7-15-35(33)26-36)27-40(29-41)37-22-24-44-43-17-9-11-19-50(43)56-51(44)31-37/h3-32H,1-2H3. The highest BCUT2D eigenvalue weighted by atomic mass is 32.1. The van der Waals surface area contributed by atoms with E-state index in [1.807, 2.05) is 17.4 Å². The summed E-state index contributed by atoms with van der Waals surface area (Å²) in [4.78, 5) is 10.6. The zero-order valence-corrected chi connectivity index (χ0v) is 31.9. The predicted octanol–water partition coefficient (Wildman–Crippen LogP) is 14.6. The van der Waals surface area contributed by atoms with Crippen molar-refractivity contribution in [3.63, 3.8) is 0 Å². The smallest absolute Gasteiger partial charge is 0.160 e. The molecule has 0 aliphatic heterocycles. The van der Waals surface area contributed by atoms with E-state index in [0.29, 0.717) is 5.82 Å². The van der Waals surface area contributed by atoms with Gasteiger partial charge < -0.3 is 0 Å². The van der Waals surface area contributed by atoms with Crippen LogP contribution in [0, 0.1) is 0 Å². The van der Waals surface area contributed by atoms with E-state index >= 15 is 0 Å². The largest absolute Gasteiger partial charge is 0.228 e. The summed E-state index contributed by atoms with van der Waals surface area (Å²) in [5.74, 6) is 0.712. The Morgan fingerprint density at radius 2 is 1.00 bits per heavy atom. The number of rotatable bonds is 5. The van der Waals surface area contributed by atoms with E-state index in [0.717, 1.165) is 39.2 Å². The first-order chi connectivity index (χ1) is 27.5. The van der Waals surface area contributed by atoms with Gasteiger partial charge >= 0.3 is 0 Å². The van der Waals surface area contributed by atoms with Crippen LogP contribution in [0.3, 0.4) is 0 Å². The van der Waals surface area contributed by atoms with E-state index < -0.39 is 0 Å². The third kappa shape index (κ3) is 5.38. The van der Waals surface area contributed by atoms with Gasteiger partial charge in [0.15, 0.2) is 5.82 Å². The molecule has 3 heteroatoms. The van der Waals surface area contributed by atoms with E-state index in [1.165, 1.54) is 64.3 Å². The van der Waals surface area contributed by atoms with E-state index in [2.05, 4.69) is 190 Å². The van der Waals surface area contributed by atoms with E-state index in [1.54, 1.807) is 0 Å². The molecule has 1 aliphatic rings. The van der Waals surface area contributed by atoms with Crippen LogP contribution in [0.15, 0.2) is 182 Å². The van der Waals surface area contributed by atoms with Gasteiger partial charge in [0.05, 0.1) is 11.4 Å². The van der Waals surface area contributed by atoms with Crippen LogP contribution in [-0.2, 0) is 5.41 Å². The van der Waals surface area contributed by atoms with Gasteiger partial charge in [-0.3, -0.25) is 0 Å². The minimum absolute atomic E-state index is 0.0606. The second kappa shape index (κ2) is 12.7. The van der Waals surface area contributed by atoms with Crippen molar-refractivity contribution in [1.29, 1.82) is 0 Å². The highest BCUT2D eigenvalue weighted by Gasteiger charge is 2.35. The van der Waals surface area contributed by atoms with Crippen LogP contribution in [0.1, 0.15) is 25.0 Å². The maximum absolute atomic E-state index is 5.32. The molecule has 10 aromatic rings. The van der Waals surface area contributed by atoms with Gasteiger partial charge in [0.1, 0.15) is 0 Å². The van der Waals surface area contributed by atoms with E-state index in [4.69, 9.17) is 9.97 Å². The van der Waals surface area contributed by atoms with Crippen LogP contribution >= 0.6 is 11.3 Å². The Hall–Kier alpha value is -6.68. The molecule has 0 bridgehead atoms. The van der Waals surface area contributed by atoms with E-state index in [9.17, 15) is 0 Å². The van der Waals surface area contributed by atoms with Crippen LogP contribution in [-0.4, -0.2) is 9.97 Å². The van der Waals surface area contributed by atoms with Crippen molar-refractivity contribution in [2.45, 2.75) is 19.3 Å². The van der Waals surface area contributed by atoms with Crippen molar-refractivity contribution in [1.82, 2.24) is 9.97 Å². The number of benzene rings is 8. The summed E-state index contributed by atoms with van der Waals surface area (Å²) in [5, 5.41) is 5.07. The summed E-state index contributed by atoms with van der Waals surface area (Å²) in [7, 11) is 0. The summed E-state index contributed by atoms with van der Waals surface area (Å²) in [6.07, 6.45) is 0. The highest BCUT2D eigenvalue weighted by Crippen LogP contribution is 2.49. The molecule has 0 saturated heterocycles. The van der Waals surface area contributed by atoms with Crippen molar-refractivity contribution in [2.24, 2.45) is 0 Å². The quantitative estimate of drug-likeness (QED) is 0.176. The lowest BCUT2D eigenvalue weighted by atomic mass is 9.82. The fourth-order valence-electron chi connectivity index (χ4n) is 8.72. The average molecular weight is 733 g/mol. The fourth-order valence-corrected chi connectivity index (χ4v) is 9.87. The molecular formula is C53H36N2S. The molecule has 0 N–H and O–H groups in total. The second-order valence-electron chi connectivity index (χ2n) is 15.4. The Labute approximate surface area is 330 Å². The Kier molecular flexibility index (Phi) is 7.42. The molecule has 2 heterocycles. The second-order valence-corrected chi connectivity index (χ2v) is 16.5. The van der Waals surface area contributed by atoms with Crippen molar-refractivity contribution in [3.8, 4) is 67.3 Å². The molecule has 2 nitrogen and oxygen atoms in total. The lowest BCUT2D eigenvalue weighted by molar-refractivity contribution is 0.660. The maximum Gasteiger partial charge on any atom is 0.160 e. The lowest BCUT2D eigenvalue weighted by Crippen LogP contribution is -2.14. The Bertz CT molecular complexity index is 3170. The van der Waals surface area contributed by atoms with Crippen molar-refractivity contribution >= 4 is 42.3 Å². The van der Waals surface area contributed by atoms with Crippen molar-refractivity contribution in [2.75, 3.05) is 0 Å². The Balaban J connectivity index is 1.12. The molecule has 0 fully saturated rings. The summed E-state index contributed by atoms with van der Waals surface area (Å²) >= 11 is 1.86. The first-order valence-electron chi connectivity index (χ1n) is 19.2. The molecule has 0 unspecified atom stereocenters. The first kappa shape index (κ1) is 32.7. The summed E-state index contributed by atoms with van der Waals surface area (Å²) in [6.45, 7) is 4.65. The minimum atomic E-state index is -0.0606. The molecule has 0 amide bonds. The molecular weight excluding hydrogens is 697 g/mol. The molecule has 0 spiro atoms. The van der Waals surface area contributed by atoms with Crippen molar-refractivity contribution < 1.29 is 0 Å². The van der Waals surface area contributed by atoms with Gasteiger partial charge in [0.25, 0.3) is 0 Å². The van der Waals surface area contributed by atoms with Crippen molar-refractivity contribution in [3.05, 3.63) is 193 Å². The maximum atomic E-state index is 5.32. The van der Waals surface area contributed by atoms with Gasteiger partial charge in [0, 0.05) is 42.3 Å². The van der Waals surface area contributed by atoms with Gasteiger partial charge in [-0.05, 0) is 104 Å². The monoisotopic (exact) mass is 732 g/mol.